The van der Waals surface area contributed by atoms with Gasteiger partial charge in [0.15, 0.2) is 5.60 Å². The molecule has 1 aliphatic rings. The maximum Gasteiger partial charge on any atom is 0.340 e. The molecule has 5 aromatic carbocycles. The van der Waals surface area contributed by atoms with Gasteiger partial charge < -0.3 is 14.2 Å². The van der Waals surface area contributed by atoms with E-state index in [0.29, 0.717) is 17.1 Å². The molecule has 0 aliphatic carbocycles. The summed E-state index contributed by atoms with van der Waals surface area (Å²) in [5.74, 6) is 2.58. The molecule has 38 heavy (non-hydrogen) atoms. The smallest absolute Gasteiger partial charge is 0.340 e. The van der Waals surface area contributed by atoms with Gasteiger partial charge in [0.05, 0.1) is 5.56 Å². The number of rotatable bonds is 6. The molecule has 186 valence electrons. The summed E-state index contributed by atoms with van der Waals surface area (Å²) >= 11 is 0. The molecule has 5 aromatic rings. The van der Waals surface area contributed by atoms with Gasteiger partial charge in [0.1, 0.15) is 23.0 Å². The van der Waals surface area contributed by atoms with Crippen LogP contribution in [0.4, 0.5) is 0 Å². The first-order valence-electron chi connectivity index (χ1n) is 12.5. The standard InChI is InChI=1S/C34H26O4/c1-23-7-15-27(16-8-23)36-29-19-11-25(12-20-29)34(32-6-4-3-5-31(32)33(35)38-34)26-13-21-30(22-14-26)37-28-17-9-24(2)10-18-28/h3-22H,1-2H3. The molecule has 6 rings (SSSR count). The maximum absolute atomic E-state index is 13.0. The molecule has 0 fully saturated rings. The summed E-state index contributed by atoms with van der Waals surface area (Å²) in [6.07, 6.45) is 0. The fourth-order valence-electron chi connectivity index (χ4n) is 4.81. The lowest BCUT2D eigenvalue weighted by molar-refractivity contribution is 0.0251. The molecule has 4 nitrogen and oxygen atoms in total. The van der Waals surface area contributed by atoms with Crippen LogP contribution in [-0.2, 0) is 10.3 Å². The summed E-state index contributed by atoms with van der Waals surface area (Å²) < 4.78 is 18.3. The number of hydrogen-bond acceptors (Lipinski definition) is 4. The monoisotopic (exact) mass is 498 g/mol. The number of esters is 1. The van der Waals surface area contributed by atoms with E-state index in [9.17, 15) is 4.79 Å². The molecule has 1 aliphatic heterocycles. The van der Waals surface area contributed by atoms with Gasteiger partial charge in [-0.2, -0.15) is 0 Å². The maximum atomic E-state index is 13.0. The highest BCUT2D eigenvalue weighted by Gasteiger charge is 2.48. The minimum atomic E-state index is -1.08. The molecule has 0 spiro atoms. The highest BCUT2D eigenvalue weighted by Crippen LogP contribution is 2.47. The van der Waals surface area contributed by atoms with Crippen molar-refractivity contribution in [2.45, 2.75) is 19.4 Å². The fraction of sp³-hybridized carbons (Fsp3) is 0.0882. The fourth-order valence-corrected chi connectivity index (χ4v) is 4.81. The highest BCUT2D eigenvalue weighted by molar-refractivity contribution is 5.96. The van der Waals surface area contributed by atoms with Crippen LogP contribution >= 0.6 is 0 Å². The van der Waals surface area contributed by atoms with Crippen molar-refractivity contribution in [2.24, 2.45) is 0 Å². The molecule has 1 heterocycles. The van der Waals surface area contributed by atoms with Crippen LogP contribution in [-0.4, -0.2) is 5.97 Å². The van der Waals surface area contributed by atoms with Crippen molar-refractivity contribution in [3.05, 3.63) is 155 Å². The molecule has 0 aromatic heterocycles. The molecular weight excluding hydrogens is 472 g/mol. The van der Waals surface area contributed by atoms with E-state index >= 15 is 0 Å². The summed E-state index contributed by atoms with van der Waals surface area (Å²) in [7, 11) is 0. The molecule has 4 heteroatoms. The van der Waals surface area contributed by atoms with E-state index in [1.54, 1.807) is 0 Å². The number of hydrogen-bond donors (Lipinski definition) is 0. The second kappa shape index (κ2) is 9.56. The molecule has 0 atom stereocenters. The van der Waals surface area contributed by atoms with Crippen molar-refractivity contribution in [1.82, 2.24) is 0 Å². The first kappa shape index (κ1) is 23.6. The lowest BCUT2D eigenvalue weighted by Gasteiger charge is -2.30. The minimum Gasteiger partial charge on any atom is -0.457 e. The summed E-state index contributed by atoms with van der Waals surface area (Å²) in [6, 6.07) is 38.8. The zero-order chi connectivity index (χ0) is 26.1. The average molecular weight is 499 g/mol. The topological polar surface area (TPSA) is 44.8 Å². The molecule has 0 saturated carbocycles. The first-order valence-corrected chi connectivity index (χ1v) is 12.5. The number of ether oxygens (including phenoxy) is 3. The summed E-state index contributed by atoms with van der Waals surface area (Å²) in [5.41, 5.74) is 4.30. The normalized spacial score (nSPS) is 13.5. The zero-order valence-corrected chi connectivity index (χ0v) is 21.2. The third-order valence-corrected chi connectivity index (χ3v) is 6.81. The lowest BCUT2D eigenvalue weighted by atomic mass is 9.80. The van der Waals surface area contributed by atoms with E-state index in [1.807, 2.05) is 135 Å². The van der Waals surface area contributed by atoms with E-state index in [2.05, 4.69) is 0 Å². The summed E-state index contributed by atoms with van der Waals surface area (Å²) in [6.45, 7) is 4.08. The Hall–Kier alpha value is -4.83. The van der Waals surface area contributed by atoms with Crippen molar-refractivity contribution < 1.29 is 19.0 Å². The van der Waals surface area contributed by atoms with Crippen LogP contribution in [0.3, 0.4) is 0 Å². The van der Waals surface area contributed by atoms with Gasteiger partial charge in [-0.25, -0.2) is 4.79 Å². The molecular formula is C34H26O4. The van der Waals surface area contributed by atoms with Gasteiger partial charge in [-0.1, -0.05) is 77.9 Å². The van der Waals surface area contributed by atoms with Crippen molar-refractivity contribution in [2.75, 3.05) is 0 Å². The molecule has 0 radical (unpaired) electrons. The lowest BCUT2D eigenvalue weighted by Crippen LogP contribution is -2.29. The van der Waals surface area contributed by atoms with Crippen LogP contribution in [0.25, 0.3) is 0 Å². The van der Waals surface area contributed by atoms with Crippen LogP contribution in [0.15, 0.2) is 121 Å². The quantitative estimate of drug-likeness (QED) is 0.221. The Bertz CT molecular complexity index is 1490. The van der Waals surface area contributed by atoms with Crippen LogP contribution in [0, 0.1) is 13.8 Å². The zero-order valence-electron chi connectivity index (χ0n) is 21.2. The number of fused-ring (bicyclic) bond motifs is 1. The number of carbonyl (C=O) groups is 1. The van der Waals surface area contributed by atoms with Crippen molar-refractivity contribution in [3.8, 4) is 23.0 Å². The van der Waals surface area contributed by atoms with E-state index in [1.165, 1.54) is 11.1 Å². The van der Waals surface area contributed by atoms with E-state index < -0.39 is 5.60 Å². The minimum absolute atomic E-state index is 0.347. The third-order valence-electron chi connectivity index (χ3n) is 6.81. The Labute approximate surface area is 222 Å². The molecule has 0 N–H and O–H groups in total. The number of benzene rings is 5. The van der Waals surface area contributed by atoms with E-state index in [0.717, 1.165) is 28.2 Å². The molecule has 0 saturated heterocycles. The van der Waals surface area contributed by atoms with Crippen LogP contribution in [0.1, 0.15) is 38.2 Å². The Morgan fingerprint density at radius 3 is 1.37 bits per heavy atom. The van der Waals surface area contributed by atoms with Gasteiger partial charge in [0.25, 0.3) is 0 Å². The van der Waals surface area contributed by atoms with Gasteiger partial charge in [-0.15, -0.1) is 0 Å². The summed E-state index contributed by atoms with van der Waals surface area (Å²) in [4.78, 5) is 13.0. The second-order valence-electron chi connectivity index (χ2n) is 9.50. The van der Waals surface area contributed by atoms with E-state index in [-0.39, 0.29) is 5.97 Å². The third kappa shape index (κ3) is 4.31. The largest absolute Gasteiger partial charge is 0.457 e. The number of aryl methyl sites for hydroxylation is 2. The second-order valence-corrected chi connectivity index (χ2v) is 9.50. The SMILES string of the molecule is Cc1ccc(Oc2ccc(C3(c4ccc(Oc5ccc(C)cc5)cc4)OC(=O)c4ccccc43)cc2)cc1. The van der Waals surface area contributed by atoms with Crippen LogP contribution in [0.5, 0.6) is 23.0 Å². The van der Waals surface area contributed by atoms with Crippen LogP contribution in [0.2, 0.25) is 0 Å². The number of carbonyl (C=O) groups excluding carboxylic acids is 1. The molecule has 0 bridgehead atoms. The van der Waals surface area contributed by atoms with Gasteiger partial charge in [0.2, 0.25) is 0 Å². The Balaban J connectivity index is 1.37. The molecule has 0 amide bonds. The van der Waals surface area contributed by atoms with Crippen molar-refractivity contribution in [1.29, 1.82) is 0 Å². The Morgan fingerprint density at radius 2 is 0.921 bits per heavy atom. The molecule has 0 unspecified atom stereocenters. The first-order chi connectivity index (χ1) is 18.5. The predicted molar refractivity (Wildman–Crippen MR) is 147 cm³/mol. The summed E-state index contributed by atoms with van der Waals surface area (Å²) in [5, 5.41) is 0. The van der Waals surface area contributed by atoms with Gasteiger partial charge in [-0.05, 0) is 68.4 Å². The van der Waals surface area contributed by atoms with Gasteiger partial charge >= 0.3 is 5.97 Å². The van der Waals surface area contributed by atoms with Crippen molar-refractivity contribution in [3.63, 3.8) is 0 Å². The van der Waals surface area contributed by atoms with Gasteiger partial charge in [-0.3, -0.25) is 0 Å². The average Bonchev–Trinajstić information content (AvgIpc) is 3.25. The van der Waals surface area contributed by atoms with Crippen molar-refractivity contribution >= 4 is 5.97 Å². The predicted octanol–water partition coefficient (Wildman–Crippen LogP) is 8.35. The number of cyclic esters (lactones) is 1. The Morgan fingerprint density at radius 1 is 0.526 bits per heavy atom. The van der Waals surface area contributed by atoms with Gasteiger partial charge in [0, 0.05) is 16.7 Å². The highest BCUT2D eigenvalue weighted by atomic mass is 16.6. The Kier molecular flexibility index (Phi) is 5.93. The van der Waals surface area contributed by atoms with E-state index in [4.69, 9.17) is 14.2 Å². The van der Waals surface area contributed by atoms with Crippen LogP contribution < -0.4 is 9.47 Å².